The van der Waals surface area contributed by atoms with Gasteiger partial charge in [-0.2, -0.15) is 0 Å². The molecule has 0 fully saturated rings. The van der Waals surface area contributed by atoms with E-state index in [1.54, 1.807) is 0 Å². The minimum Gasteiger partial charge on any atom is -0.478 e. The molecule has 0 amide bonds. The average Bonchev–Trinajstić information content (AvgIpc) is 2.60. The summed E-state index contributed by atoms with van der Waals surface area (Å²) in [5.74, 6) is -1.84. The van der Waals surface area contributed by atoms with E-state index in [1.807, 2.05) is 0 Å². The van der Waals surface area contributed by atoms with Crippen LogP contribution in [0, 0.1) is 0 Å². The van der Waals surface area contributed by atoms with Crippen LogP contribution in [0.1, 0.15) is 24.0 Å². The highest BCUT2D eigenvalue weighted by molar-refractivity contribution is 5.89. The summed E-state index contributed by atoms with van der Waals surface area (Å²) in [5, 5.41) is 19.1. The molecular weight excluding hydrogens is 258 g/mol. The van der Waals surface area contributed by atoms with Crippen LogP contribution in [0.4, 0.5) is 0 Å². The third-order valence-electron chi connectivity index (χ3n) is 2.98. The first-order valence-corrected chi connectivity index (χ1v) is 6.43. The smallest absolute Gasteiger partial charge is 0.328 e. The molecule has 1 aromatic rings. The largest absolute Gasteiger partial charge is 0.478 e. The first kappa shape index (κ1) is 15.9. The standard InChI is InChI=1S/C11H15N.C4H4O4/c1-9-8-12-7-6-10-4-2-3-5-11(9)10;5-3(6)1-2-4(7)8/h2-5,9,12H,6-8H2,1H3;1-2H,(H,5,6)(H,7,8)/b;2-1-/t9-;/m0./s1. The molecule has 1 atom stereocenters. The van der Waals surface area contributed by atoms with Crippen LogP contribution in [-0.2, 0) is 16.0 Å². The van der Waals surface area contributed by atoms with Crippen molar-refractivity contribution in [1.29, 1.82) is 0 Å². The lowest BCUT2D eigenvalue weighted by molar-refractivity contribution is -0.134. The normalized spacial score (nSPS) is 17.6. The lowest BCUT2D eigenvalue weighted by atomic mass is 9.96. The van der Waals surface area contributed by atoms with Crippen molar-refractivity contribution >= 4 is 11.9 Å². The number of benzene rings is 1. The molecule has 20 heavy (non-hydrogen) atoms. The fourth-order valence-corrected chi connectivity index (χ4v) is 2.04. The lowest BCUT2D eigenvalue weighted by Gasteiger charge is -2.10. The number of carboxylic acid groups (broad SMARTS) is 2. The number of hydrogen-bond donors (Lipinski definition) is 3. The molecule has 0 aliphatic carbocycles. The molecule has 1 aliphatic rings. The van der Waals surface area contributed by atoms with E-state index in [1.165, 1.54) is 17.5 Å². The second-order valence-electron chi connectivity index (χ2n) is 4.56. The topological polar surface area (TPSA) is 86.6 Å². The Hall–Kier alpha value is -2.14. The van der Waals surface area contributed by atoms with E-state index in [9.17, 15) is 9.59 Å². The van der Waals surface area contributed by atoms with Gasteiger partial charge in [-0.05, 0) is 30.0 Å². The van der Waals surface area contributed by atoms with Crippen molar-refractivity contribution in [2.24, 2.45) is 0 Å². The van der Waals surface area contributed by atoms with E-state index in [0.717, 1.165) is 13.1 Å². The highest BCUT2D eigenvalue weighted by Crippen LogP contribution is 2.21. The van der Waals surface area contributed by atoms with Crippen LogP contribution in [0.3, 0.4) is 0 Å². The predicted octanol–water partition coefficient (Wildman–Crippen LogP) is 1.65. The van der Waals surface area contributed by atoms with E-state index in [2.05, 4.69) is 36.5 Å². The molecule has 2 rings (SSSR count). The maximum Gasteiger partial charge on any atom is 0.328 e. The van der Waals surface area contributed by atoms with Crippen LogP contribution in [0.2, 0.25) is 0 Å². The van der Waals surface area contributed by atoms with E-state index >= 15 is 0 Å². The molecule has 0 bridgehead atoms. The van der Waals surface area contributed by atoms with Crippen LogP contribution in [0.15, 0.2) is 36.4 Å². The molecule has 5 nitrogen and oxygen atoms in total. The van der Waals surface area contributed by atoms with Crippen molar-refractivity contribution in [2.75, 3.05) is 13.1 Å². The molecule has 3 N–H and O–H groups in total. The van der Waals surface area contributed by atoms with E-state index in [0.29, 0.717) is 18.1 Å². The highest BCUT2D eigenvalue weighted by atomic mass is 16.4. The summed E-state index contributed by atoms with van der Waals surface area (Å²) in [6.45, 7) is 4.54. The van der Waals surface area contributed by atoms with Gasteiger partial charge in [-0.15, -0.1) is 0 Å². The quantitative estimate of drug-likeness (QED) is 0.715. The summed E-state index contributed by atoms with van der Waals surface area (Å²) < 4.78 is 0. The summed E-state index contributed by atoms with van der Waals surface area (Å²) in [6.07, 6.45) is 2.30. The van der Waals surface area contributed by atoms with Gasteiger partial charge in [-0.25, -0.2) is 9.59 Å². The zero-order valence-electron chi connectivity index (χ0n) is 11.4. The Balaban J connectivity index is 0.000000221. The number of carboxylic acids is 2. The minimum atomic E-state index is -1.26. The third-order valence-corrected chi connectivity index (χ3v) is 2.98. The SMILES string of the molecule is C[C@H]1CNCCc2ccccc21.O=C(O)/C=C\C(=O)O. The van der Waals surface area contributed by atoms with E-state index < -0.39 is 11.9 Å². The number of rotatable bonds is 2. The molecule has 0 unspecified atom stereocenters. The Kier molecular flexibility index (Phi) is 6.46. The molecule has 108 valence electrons. The van der Waals surface area contributed by atoms with Gasteiger partial charge in [0.2, 0.25) is 0 Å². The fraction of sp³-hybridized carbons (Fsp3) is 0.333. The Morgan fingerprint density at radius 2 is 1.80 bits per heavy atom. The Morgan fingerprint density at radius 1 is 1.20 bits per heavy atom. The molecule has 5 heteroatoms. The molecular formula is C15H19NO4. The predicted molar refractivity (Wildman–Crippen MR) is 75.8 cm³/mol. The molecule has 0 spiro atoms. The van der Waals surface area contributed by atoms with Crippen molar-refractivity contribution in [3.8, 4) is 0 Å². The average molecular weight is 277 g/mol. The van der Waals surface area contributed by atoms with Crippen molar-refractivity contribution in [1.82, 2.24) is 5.32 Å². The van der Waals surface area contributed by atoms with Gasteiger partial charge in [0.1, 0.15) is 0 Å². The molecule has 0 radical (unpaired) electrons. The second kappa shape index (κ2) is 8.12. The summed E-state index contributed by atoms with van der Waals surface area (Å²) in [4.78, 5) is 19.1. The van der Waals surface area contributed by atoms with E-state index in [4.69, 9.17) is 10.2 Å². The number of fused-ring (bicyclic) bond motifs is 1. The van der Waals surface area contributed by atoms with Crippen molar-refractivity contribution in [3.05, 3.63) is 47.5 Å². The van der Waals surface area contributed by atoms with Gasteiger partial charge < -0.3 is 15.5 Å². The van der Waals surface area contributed by atoms with Gasteiger partial charge in [0.05, 0.1) is 0 Å². The van der Waals surface area contributed by atoms with Gasteiger partial charge in [0.25, 0.3) is 0 Å². The monoisotopic (exact) mass is 277 g/mol. The number of carbonyl (C=O) groups is 2. The van der Waals surface area contributed by atoms with Crippen molar-refractivity contribution in [2.45, 2.75) is 19.3 Å². The van der Waals surface area contributed by atoms with Crippen molar-refractivity contribution < 1.29 is 19.8 Å². The first-order valence-electron chi connectivity index (χ1n) is 6.43. The van der Waals surface area contributed by atoms with Gasteiger partial charge in [-0.1, -0.05) is 31.2 Å². The number of nitrogens with one attached hydrogen (secondary N) is 1. The summed E-state index contributed by atoms with van der Waals surface area (Å²) in [5.41, 5.74) is 3.05. The molecule has 1 aromatic carbocycles. The third kappa shape index (κ3) is 5.67. The Bertz CT molecular complexity index is 480. The summed E-state index contributed by atoms with van der Waals surface area (Å²) in [6, 6.07) is 8.78. The number of aliphatic carboxylic acids is 2. The first-order chi connectivity index (χ1) is 9.50. The zero-order chi connectivity index (χ0) is 15.0. The maximum absolute atomic E-state index is 9.55. The zero-order valence-corrected chi connectivity index (χ0v) is 11.4. The van der Waals surface area contributed by atoms with Crippen LogP contribution in [-0.4, -0.2) is 35.2 Å². The van der Waals surface area contributed by atoms with Gasteiger partial charge in [0.15, 0.2) is 0 Å². The molecule has 1 aliphatic heterocycles. The van der Waals surface area contributed by atoms with Gasteiger partial charge >= 0.3 is 11.9 Å². The summed E-state index contributed by atoms with van der Waals surface area (Å²) >= 11 is 0. The Labute approximate surface area is 117 Å². The van der Waals surface area contributed by atoms with Gasteiger partial charge in [0, 0.05) is 18.7 Å². The van der Waals surface area contributed by atoms with Crippen LogP contribution < -0.4 is 5.32 Å². The molecule has 0 saturated heterocycles. The minimum absolute atomic E-state index is 0.558. The Morgan fingerprint density at radius 3 is 2.40 bits per heavy atom. The maximum atomic E-state index is 9.55. The fourth-order valence-electron chi connectivity index (χ4n) is 2.04. The molecule has 0 aromatic heterocycles. The van der Waals surface area contributed by atoms with Crippen LogP contribution in [0.25, 0.3) is 0 Å². The van der Waals surface area contributed by atoms with E-state index in [-0.39, 0.29) is 0 Å². The molecule has 1 heterocycles. The van der Waals surface area contributed by atoms with Crippen LogP contribution in [0.5, 0.6) is 0 Å². The second-order valence-corrected chi connectivity index (χ2v) is 4.56. The van der Waals surface area contributed by atoms with Crippen molar-refractivity contribution in [3.63, 3.8) is 0 Å². The van der Waals surface area contributed by atoms with Gasteiger partial charge in [-0.3, -0.25) is 0 Å². The van der Waals surface area contributed by atoms with Crippen LogP contribution >= 0.6 is 0 Å². The summed E-state index contributed by atoms with van der Waals surface area (Å²) in [7, 11) is 0. The highest BCUT2D eigenvalue weighted by Gasteiger charge is 2.12. The molecule has 0 saturated carbocycles. The number of hydrogen-bond acceptors (Lipinski definition) is 3. The lowest BCUT2D eigenvalue weighted by Crippen LogP contribution is -2.18.